The van der Waals surface area contributed by atoms with Crippen molar-refractivity contribution in [1.82, 2.24) is 19.7 Å². The van der Waals surface area contributed by atoms with Crippen LogP contribution in [0, 0.1) is 6.92 Å². The molecule has 37 heavy (non-hydrogen) atoms. The van der Waals surface area contributed by atoms with E-state index >= 15 is 0 Å². The molecule has 1 N–H and O–H groups in total. The van der Waals surface area contributed by atoms with Gasteiger partial charge >= 0.3 is 0 Å². The van der Waals surface area contributed by atoms with Gasteiger partial charge in [-0.25, -0.2) is 4.98 Å². The number of anilines is 1. The van der Waals surface area contributed by atoms with Crippen LogP contribution in [0.4, 0.5) is 5.13 Å². The Labute approximate surface area is 220 Å². The monoisotopic (exact) mass is 527 g/mol. The zero-order valence-corrected chi connectivity index (χ0v) is 21.4. The van der Waals surface area contributed by atoms with E-state index in [4.69, 9.17) is 8.83 Å². The number of carbonyl (C=O) groups is 1. The van der Waals surface area contributed by atoms with Gasteiger partial charge < -0.3 is 14.2 Å². The largest absolute Gasteiger partial charge is 0.469 e. The number of thioether (sulfide) groups is 1. The second-order valence-electron chi connectivity index (χ2n) is 8.29. The summed E-state index contributed by atoms with van der Waals surface area (Å²) in [6.07, 6.45) is 1.64. The van der Waals surface area contributed by atoms with Gasteiger partial charge in [0.05, 0.1) is 24.1 Å². The Bertz CT molecular complexity index is 1650. The fourth-order valence-corrected chi connectivity index (χ4v) is 5.41. The van der Waals surface area contributed by atoms with Crippen LogP contribution in [0.3, 0.4) is 0 Å². The number of para-hydroxylation sites is 1. The van der Waals surface area contributed by atoms with Gasteiger partial charge in [-0.05, 0) is 30.7 Å². The van der Waals surface area contributed by atoms with Crippen LogP contribution < -0.4 is 5.32 Å². The van der Waals surface area contributed by atoms with Crippen LogP contribution in [0.2, 0.25) is 0 Å². The van der Waals surface area contributed by atoms with Crippen molar-refractivity contribution < 1.29 is 13.6 Å². The van der Waals surface area contributed by atoms with Gasteiger partial charge in [-0.2, -0.15) is 0 Å². The zero-order chi connectivity index (χ0) is 25.2. The zero-order valence-electron chi connectivity index (χ0n) is 19.7. The summed E-state index contributed by atoms with van der Waals surface area (Å²) < 4.78 is 13.4. The first-order valence-electron chi connectivity index (χ1n) is 11.5. The molecule has 2 aromatic carbocycles. The Morgan fingerprint density at radius 3 is 2.73 bits per heavy atom. The van der Waals surface area contributed by atoms with Gasteiger partial charge in [0.2, 0.25) is 5.91 Å². The van der Waals surface area contributed by atoms with Gasteiger partial charge in [0.1, 0.15) is 17.0 Å². The SMILES string of the molecule is Cc1occc1-c1nnc(SCC(=O)Nc2nc(-c3cc4ccccc4o3)cs2)n1Cc1ccccc1. The molecule has 4 aromatic heterocycles. The molecule has 1 amide bonds. The predicted molar refractivity (Wildman–Crippen MR) is 145 cm³/mol. The number of aryl methyl sites for hydroxylation is 1. The number of carbonyl (C=O) groups excluding carboxylic acids is 1. The van der Waals surface area contributed by atoms with E-state index in [1.165, 1.54) is 23.1 Å². The van der Waals surface area contributed by atoms with E-state index in [1.807, 2.05) is 71.5 Å². The summed E-state index contributed by atoms with van der Waals surface area (Å²) in [6, 6.07) is 21.7. The van der Waals surface area contributed by atoms with E-state index in [2.05, 4.69) is 32.6 Å². The number of nitrogens with one attached hydrogen (secondary N) is 1. The lowest BCUT2D eigenvalue weighted by atomic mass is 10.2. The van der Waals surface area contributed by atoms with Gasteiger partial charge in [0.25, 0.3) is 0 Å². The number of benzene rings is 2. The topological polar surface area (TPSA) is 99.0 Å². The lowest BCUT2D eigenvalue weighted by Crippen LogP contribution is -2.14. The molecule has 6 aromatic rings. The Morgan fingerprint density at radius 2 is 1.92 bits per heavy atom. The molecule has 0 aliphatic carbocycles. The summed E-state index contributed by atoms with van der Waals surface area (Å²) >= 11 is 2.69. The highest BCUT2D eigenvalue weighted by Gasteiger charge is 2.19. The fourth-order valence-electron chi connectivity index (χ4n) is 3.96. The molecule has 184 valence electrons. The van der Waals surface area contributed by atoms with Gasteiger partial charge in [0, 0.05) is 10.8 Å². The Morgan fingerprint density at radius 1 is 1.08 bits per heavy atom. The standard InChI is InChI=1S/C27H21N5O3S2/c1-17-20(11-12-34-17)25-30-31-27(32(25)14-18-7-3-2-4-8-18)37-16-24(33)29-26-28-21(15-36-26)23-13-19-9-5-6-10-22(19)35-23/h2-13,15H,14,16H2,1H3,(H,28,29,33). The minimum atomic E-state index is -0.175. The predicted octanol–water partition coefficient (Wildman–Crippen LogP) is 6.50. The molecule has 0 aliphatic heterocycles. The van der Waals surface area contributed by atoms with E-state index in [9.17, 15) is 4.79 Å². The second-order valence-corrected chi connectivity index (χ2v) is 10.1. The molecule has 6 rings (SSSR count). The average Bonchev–Trinajstić information content (AvgIpc) is 3.70. The highest BCUT2D eigenvalue weighted by atomic mass is 32.2. The van der Waals surface area contributed by atoms with Gasteiger partial charge in [-0.3, -0.25) is 9.36 Å². The van der Waals surface area contributed by atoms with Crippen molar-refractivity contribution in [2.75, 3.05) is 11.1 Å². The van der Waals surface area contributed by atoms with Crippen molar-refractivity contribution in [3.63, 3.8) is 0 Å². The number of hydrogen-bond acceptors (Lipinski definition) is 8. The molecule has 0 bridgehead atoms. The van der Waals surface area contributed by atoms with Crippen LogP contribution in [-0.4, -0.2) is 31.4 Å². The van der Waals surface area contributed by atoms with E-state index in [-0.39, 0.29) is 11.7 Å². The van der Waals surface area contributed by atoms with E-state index in [0.29, 0.717) is 34.1 Å². The highest BCUT2D eigenvalue weighted by molar-refractivity contribution is 7.99. The number of hydrogen-bond donors (Lipinski definition) is 1. The maximum Gasteiger partial charge on any atom is 0.236 e. The number of amides is 1. The highest BCUT2D eigenvalue weighted by Crippen LogP contribution is 2.31. The fraction of sp³-hybridized carbons (Fsp3) is 0.111. The maximum atomic E-state index is 12.8. The van der Waals surface area contributed by atoms with Crippen molar-refractivity contribution in [1.29, 1.82) is 0 Å². The summed E-state index contributed by atoms with van der Waals surface area (Å²) in [4.78, 5) is 17.3. The minimum Gasteiger partial charge on any atom is -0.469 e. The molecule has 0 atom stereocenters. The normalized spacial score (nSPS) is 11.3. The molecule has 0 saturated carbocycles. The van der Waals surface area contributed by atoms with Crippen molar-refractivity contribution in [3.05, 3.63) is 89.7 Å². The summed E-state index contributed by atoms with van der Waals surface area (Å²) in [5.41, 5.74) is 3.47. The van der Waals surface area contributed by atoms with Crippen molar-refractivity contribution in [3.8, 4) is 22.8 Å². The third-order valence-electron chi connectivity index (χ3n) is 5.76. The Balaban J connectivity index is 1.16. The summed E-state index contributed by atoms with van der Waals surface area (Å²) in [7, 11) is 0. The number of rotatable bonds is 8. The van der Waals surface area contributed by atoms with Gasteiger partial charge in [-0.1, -0.05) is 60.3 Å². The molecular formula is C27H21N5O3S2. The third kappa shape index (κ3) is 4.93. The Hall–Kier alpha value is -4.15. The van der Waals surface area contributed by atoms with Crippen molar-refractivity contribution >= 4 is 45.1 Å². The molecule has 0 spiro atoms. The third-order valence-corrected chi connectivity index (χ3v) is 7.49. The van der Waals surface area contributed by atoms with Crippen LogP contribution in [0.5, 0.6) is 0 Å². The molecule has 0 unspecified atom stereocenters. The summed E-state index contributed by atoms with van der Waals surface area (Å²) in [5, 5.41) is 15.7. The first-order valence-corrected chi connectivity index (χ1v) is 13.4. The van der Waals surface area contributed by atoms with Crippen LogP contribution in [-0.2, 0) is 11.3 Å². The molecular weight excluding hydrogens is 506 g/mol. The van der Waals surface area contributed by atoms with E-state index in [1.54, 1.807) is 6.26 Å². The number of fused-ring (bicyclic) bond motifs is 1. The van der Waals surface area contributed by atoms with Crippen LogP contribution in [0.15, 0.2) is 92.4 Å². The second kappa shape index (κ2) is 10.1. The van der Waals surface area contributed by atoms with Crippen LogP contribution in [0.25, 0.3) is 33.8 Å². The average molecular weight is 528 g/mol. The smallest absolute Gasteiger partial charge is 0.236 e. The van der Waals surface area contributed by atoms with Gasteiger partial charge in [0.15, 0.2) is 21.9 Å². The minimum absolute atomic E-state index is 0.164. The van der Waals surface area contributed by atoms with Crippen molar-refractivity contribution in [2.24, 2.45) is 0 Å². The lowest BCUT2D eigenvalue weighted by molar-refractivity contribution is -0.113. The number of thiazole rings is 1. The Kier molecular flexibility index (Phi) is 6.33. The van der Waals surface area contributed by atoms with Crippen LogP contribution in [0.1, 0.15) is 11.3 Å². The molecule has 0 radical (unpaired) electrons. The molecule has 8 nitrogen and oxygen atoms in total. The number of furan rings is 2. The van der Waals surface area contributed by atoms with E-state index < -0.39 is 0 Å². The molecule has 0 saturated heterocycles. The lowest BCUT2D eigenvalue weighted by Gasteiger charge is -2.10. The molecule has 4 heterocycles. The maximum absolute atomic E-state index is 12.8. The van der Waals surface area contributed by atoms with E-state index in [0.717, 1.165) is 27.9 Å². The molecule has 10 heteroatoms. The molecule has 0 fully saturated rings. The van der Waals surface area contributed by atoms with Crippen LogP contribution >= 0.6 is 23.1 Å². The quantitative estimate of drug-likeness (QED) is 0.226. The number of nitrogens with zero attached hydrogens (tertiary/aromatic N) is 4. The van der Waals surface area contributed by atoms with Crippen molar-refractivity contribution in [2.45, 2.75) is 18.6 Å². The van der Waals surface area contributed by atoms with Gasteiger partial charge in [-0.15, -0.1) is 21.5 Å². The first kappa shape index (κ1) is 23.3. The summed E-state index contributed by atoms with van der Waals surface area (Å²) in [5.74, 6) is 2.12. The first-order chi connectivity index (χ1) is 18.1. The summed E-state index contributed by atoms with van der Waals surface area (Å²) in [6.45, 7) is 2.47. The number of aromatic nitrogens is 4. The molecule has 0 aliphatic rings.